The predicted octanol–water partition coefficient (Wildman–Crippen LogP) is 2.27. The Balaban J connectivity index is 1.81. The van der Waals surface area contributed by atoms with Gasteiger partial charge in [0.15, 0.2) is 0 Å². The molecular weight excluding hydrogens is 332 g/mol. The van der Waals surface area contributed by atoms with Crippen LogP contribution >= 0.6 is 0 Å². The summed E-state index contributed by atoms with van der Waals surface area (Å²) in [5.74, 6) is -2.29. The number of fused-ring (bicyclic) bond motifs is 1. The van der Waals surface area contributed by atoms with E-state index in [2.05, 4.69) is 5.32 Å². The van der Waals surface area contributed by atoms with Crippen LogP contribution in [0.4, 0.5) is 5.69 Å². The van der Waals surface area contributed by atoms with Crippen molar-refractivity contribution < 1.29 is 19.5 Å². The number of carbonyl (C=O) groups is 3. The topological polar surface area (TPSA) is 86.7 Å². The second-order valence-corrected chi connectivity index (χ2v) is 6.28. The van der Waals surface area contributed by atoms with E-state index in [4.69, 9.17) is 0 Å². The highest BCUT2D eigenvalue weighted by Gasteiger charge is 2.33. The first-order valence-corrected chi connectivity index (χ1v) is 8.48. The highest BCUT2D eigenvalue weighted by molar-refractivity contribution is 6.01. The average Bonchev–Trinajstić information content (AvgIpc) is 2.64. The third-order valence-corrected chi connectivity index (χ3v) is 4.45. The summed E-state index contributed by atoms with van der Waals surface area (Å²) in [6.07, 6.45) is 0.581. The van der Waals surface area contributed by atoms with Crippen LogP contribution in [-0.4, -0.2) is 40.9 Å². The standard InChI is InChI=1S/C20H20N2O4/c23-18-12-16(15-8-4-5-9-17(15)21-18)20(26)22(13-19(24)25)11-10-14-6-2-1-3-7-14/h1-9,16H,10-13H2,(H,21,23)(H,24,25). The van der Waals surface area contributed by atoms with Gasteiger partial charge in [0, 0.05) is 18.7 Å². The van der Waals surface area contributed by atoms with Crippen LogP contribution in [0.3, 0.4) is 0 Å². The Morgan fingerprint density at radius 2 is 1.77 bits per heavy atom. The van der Waals surface area contributed by atoms with Crippen molar-refractivity contribution in [2.45, 2.75) is 18.8 Å². The first-order chi connectivity index (χ1) is 12.5. The largest absolute Gasteiger partial charge is 0.480 e. The van der Waals surface area contributed by atoms with Crippen LogP contribution in [0.25, 0.3) is 0 Å². The van der Waals surface area contributed by atoms with Gasteiger partial charge >= 0.3 is 5.97 Å². The molecule has 0 saturated heterocycles. The summed E-state index contributed by atoms with van der Waals surface area (Å²) >= 11 is 0. The van der Waals surface area contributed by atoms with Crippen LogP contribution in [0.15, 0.2) is 54.6 Å². The molecule has 0 bridgehead atoms. The molecule has 2 aromatic rings. The van der Waals surface area contributed by atoms with E-state index in [1.807, 2.05) is 36.4 Å². The molecule has 26 heavy (non-hydrogen) atoms. The number of rotatable bonds is 6. The normalized spacial score (nSPS) is 15.7. The van der Waals surface area contributed by atoms with E-state index in [0.29, 0.717) is 12.1 Å². The second-order valence-electron chi connectivity index (χ2n) is 6.28. The van der Waals surface area contributed by atoms with Crippen molar-refractivity contribution in [2.24, 2.45) is 0 Å². The van der Waals surface area contributed by atoms with E-state index in [1.54, 1.807) is 18.2 Å². The quantitative estimate of drug-likeness (QED) is 0.835. The molecule has 3 rings (SSSR count). The number of carboxylic acids is 1. The summed E-state index contributed by atoms with van der Waals surface area (Å²) in [5.41, 5.74) is 2.37. The molecule has 2 N–H and O–H groups in total. The van der Waals surface area contributed by atoms with Crippen LogP contribution in [0.2, 0.25) is 0 Å². The number of hydrogen-bond donors (Lipinski definition) is 2. The Kier molecular flexibility index (Phi) is 5.31. The fraction of sp³-hybridized carbons (Fsp3) is 0.250. The SMILES string of the molecule is O=C(O)CN(CCc1ccccc1)C(=O)C1CC(=O)Nc2ccccc21. The summed E-state index contributed by atoms with van der Waals surface area (Å²) < 4.78 is 0. The zero-order valence-electron chi connectivity index (χ0n) is 14.2. The van der Waals surface area contributed by atoms with Crippen molar-refractivity contribution >= 4 is 23.5 Å². The van der Waals surface area contributed by atoms with Crippen LogP contribution in [-0.2, 0) is 20.8 Å². The van der Waals surface area contributed by atoms with Crippen molar-refractivity contribution in [3.63, 3.8) is 0 Å². The maximum absolute atomic E-state index is 13.0. The van der Waals surface area contributed by atoms with Crippen molar-refractivity contribution in [3.05, 3.63) is 65.7 Å². The first kappa shape index (κ1) is 17.7. The number of carbonyl (C=O) groups excluding carboxylic acids is 2. The van der Waals surface area contributed by atoms with Crippen LogP contribution in [0.5, 0.6) is 0 Å². The summed E-state index contributed by atoms with van der Waals surface area (Å²) in [4.78, 5) is 37.6. The van der Waals surface area contributed by atoms with Gasteiger partial charge in [-0.1, -0.05) is 48.5 Å². The molecule has 1 atom stereocenters. The van der Waals surface area contributed by atoms with Gasteiger partial charge in [-0.2, -0.15) is 0 Å². The first-order valence-electron chi connectivity index (χ1n) is 8.48. The zero-order chi connectivity index (χ0) is 18.5. The molecule has 1 aliphatic heterocycles. The molecule has 0 aliphatic carbocycles. The molecule has 0 fully saturated rings. The Bertz CT molecular complexity index is 820. The molecule has 1 aliphatic rings. The van der Waals surface area contributed by atoms with Gasteiger partial charge in [0.1, 0.15) is 6.54 Å². The second kappa shape index (κ2) is 7.82. The maximum Gasteiger partial charge on any atom is 0.323 e. The molecule has 0 saturated carbocycles. The summed E-state index contributed by atoms with van der Waals surface area (Å²) in [5, 5.41) is 12.0. The minimum absolute atomic E-state index is 0.0251. The number of nitrogens with one attached hydrogen (secondary N) is 1. The Hall–Kier alpha value is -3.15. The fourth-order valence-electron chi connectivity index (χ4n) is 3.19. The van der Waals surface area contributed by atoms with Crippen LogP contribution in [0, 0.1) is 0 Å². The number of aliphatic carboxylic acids is 1. The molecule has 6 heteroatoms. The van der Waals surface area contributed by atoms with Gasteiger partial charge in [0.2, 0.25) is 11.8 Å². The Morgan fingerprint density at radius 3 is 2.50 bits per heavy atom. The van der Waals surface area contributed by atoms with Crippen molar-refractivity contribution in [2.75, 3.05) is 18.4 Å². The van der Waals surface area contributed by atoms with Gasteiger partial charge in [-0.25, -0.2) is 0 Å². The lowest BCUT2D eigenvalue weighted by Gasteiger charge is -2.30. The van der Waals surface area contributed by atoms with Crippen molar-refractivity contribution in [1.29, 1.82) is 0 Å². The van der Waals surface area contributed by atoms with Gasteiger partial charge in [-0.15, -0.1) is 0 Å². The molecule has 6 nitrogen and oxygen atoms in total. The van der Waals surface area contributed by atoms with Crippen LogP contribution < -0.4 is 5.32 Å². The molecule has 2 amide bonds. The van der Waals surface area contributed by atoms with Crippen molar-refractivity contribution in [1.82, 2.24) is 4.90 Å². The minimum Gasteiger partial charge on any atom is -0.480 e. The van der Waals surface area contributed by atoms with E-state index in [9.17, 15) is 19.5 Å². The Labute approximate surface area is 151 Å². The van der Waals surface area contributed by atoms with E-state index in [0.717, 1.165) is 11.1 Å². The smallest absolute Gasteiger partial charge is 0.323 e. The van der Waals surface area contributed by atoms with E-state index in [1.165, 1.54) is 4.90 Å². The summed E-state index contributed by atoms with van der Waals surface area (Å²) in [7, 11) is 0. The van der Waals surface area contributed by atoms with Gasteiger partial charge in [0.05, 0.1) is 5.92 Å². The zero-order valence-corrected chi connectivity index (χ0v) is 14.2. The molecule has 0 radical (unpaired) electrons. The maximum atomic E-state index is 13.0. The molecule has 1 unspecified atom stereocenters. The highest BCUT2D eigenvalue weighted by atomic mass is 16.4. The van der Waals surface area contributed by atoms with Gasteiger partial charge < -0.3 is 15.3 Å². The van der Waals surface area contributed by atoms with Gasteiger partial charge in [-0.05, 0) is 23.6 Å². The minimum atomic E-state index is -1.07. The summed E-state index contributed by atoms with van der Waals surface area (Å²) in [6, 6.07) is 16.7. The number of carboxylic acid groups (broad SMARTS) is 1. The number of hydrogen-bond acceptors (Lipinski definition) is 3. The van der Waals surface area contributed by atoms with Crippen LogP contribution in [0.1, 0.15) is 23.5 Å². The number of para-hydroxylation sites is 1. The average molecular weight is 352 g/mol. The monoisotopic (exact) mass is 352 g/mol. The molecule has 1 heterocycles. The molecule has 0 spiro atoms. The number of nitrogens with zero attached hydrogens (tertiary/aromatic N) is 1. The molecule has 0 aromatic heterocycles. The number of benzene rings is 2. The fourth-order valence-corrected chi connectivity index (χ4v) is 3.19. The lowest BCUT2D eigenvalue weighted by Crippen LogP contribution is -2.42. The van der Waals surface area contributed by atoms with Crippen molar-refractivity contribution in [3.8, 4) is 0 Å². The van der Waals surface area contributed by atoms with E-state index >= 15 is 0 Å². The third-order valence-electron chi connectivity index (χ3n) is 4.45. The molecular formula is C20H20N2O4. The molecule has 134 valence electrons. The number of amides is 2. The summed E-state index contributed by atoms with van der Waals surface area (Å²) in [6.45, 7) is -0.0958. The Morgan fingerprint density at radius 1 is 1.08 bits per heavy atom. The van der Waals surface area contributed by atoms with E-state index in [-0.39, 0.29) is 31.3 Å². The van der Waals surface area contributed by atoms with Gasteiger partial charge in [-0.3, -0.25) is 14.4 Å². The number of anilines is 1. The highest BCUT2D eigenvalue weighted by Crippen LogP contribution is 2.33. The van der Waals surface area contributed by atoms with Gasteiger partial charge in [0.25, 0.3) is 0 Å². The lowest BCUT2D eigenvalue weighted by atomic mass is 9.89. The predicted molar refractivity (Wildman–Crippen MR) is 96.8 cm³/mol. The third kappa shape index (κ3) is 4.08. The molecule has 2 aromatic carbocycles. The lowest BCUT2D eigenvalue weighted by molar-refractivity contribution is -0.145. The van der Waals surface area contributed by atoms with E-state index < -0.39 is 11.9 Å².